The highest BCUT2D eigenvalue weighted by Crippen LogP contribution is 2.40. The van der Waals surface area contributed by atoms with Crippen LogP contribution in [-0.2, 0) is 4.79 Å². The van der Waals surface area contributed by atoms with E-state index in [4.69, 9.17) is 11.6 Å². The Hall–Kier alpha value is -2.34. The number of benzene rings is 1. The van der Waals surface area contributed by atoms with Gasteiger partial charge in [-0.3, -0.25) is 9.59 Å². The number of aromatic nitrogens is 1. The average Bonchev–Trinajstić information content (AvgIpc) is 2.98. The van der Waals surface area contributed by atoms with E-state index in [2.05, 4.69) is 0 Å². The fourth-order valence-corrected chi connectivity index (χ4v) is 4.00. The van der Waals surface area contributed by atoms with Crippen LogP contribution in [0.4, 0.5) is 5.69 Å². The Bertz CT molecular complexity index is 818. The van der Waals surface area contributed by atoms with Crippen LogP contribution in [0.2, 0.25) is 0 Å². The molecular formula is C19H26N4O2. The molecule has 0 aliphatic heterocycles. The highest BCUT2D eigenvalue weighted by Gasteiger charge is 2.30. The largest absolute Gasteiger partial charge is 0.364 e. The lowest BCUT2D eigenvalue weighted by Gasteiger charge is -2.26. The van der Waals surface area contributed by atoms with Crippen molar-refractivity contribution in [1.29, 1.82) is 0 Å². The van der Waals surface area contributed by atoms with Gasteiger partial charge < -0.3 is 10.3 Å². The molecule has 0 bridgehead atoms. The lowest BCUT2D eigenvalue weighted by molar-refractivity contribution is -0.118. The summed E-state index contributed by atoms with van der Waals surface area (Å²) in [6, 6.07) is 6.05. The van der Waals surface area contributed by atoms with Crippen molar-refractivity contribution in [3.8, 4) is 0 Å². The minimum absolute atomic E-state index is 0.207. The van der Waals surface area contributed by atoms with Crippen LogP contribution in [0.25, 0.3) is 10.9 Å². The van der Waals surface area contributed by atoms with E-state index in [1.807, 2.05) is 29.7 Å². The molecule has 134 valence electrons. The maximum Gasteiger partial charge on any atom is 0.267 e. The van der Waals surface area contributed by atoms with Gasteiger partial charge >= 0.3 is 0 Å². The lowest BCUT2D eigenvalue weighted by atomic mass is 9.95. The van der Waals surface area contributed by atoms with Gasteiger partial charge in [-0.05, 0) is 25.3 Å². The highest BCUT2D eigenvalue weighted by molar-refractivity contribution is 6.13. The number of carbonyl (C=O) groups is 2. The van der Waals surface area contributed by atoms with E-state index in [1.165, 1.54) is 6.42 Å². The minimum Gasteiger partial charge on any atom is -0.364 e. The number of carbonyl (C=O) groups excluding carboxylic acids is 2. The molecular weight excluding hydrogens is 316 g/mol. The van der Waals surface area contributed by atoms with Crippen molar-refractivity contribution in [2.75, 3.05) is 5.01 Å². The van der Waals surface area contributed by atoms with E-state index in [0.717, 1.165) is 47.2 Å². The molecule has 1 saturated carbocycles. The number of hydrogen-bond donors (Lipinski definition) is 2. The van der Waals surface area contributed by atoms with Crippen molar-refractivity contribution in [2.45, 2.75) is 58.4 Å². The summed E-state index contributed by atoms with van der Waals surface area (Å²) < 4.78 is 2.05. The number of para-hydroxylation sites is 1. The summed E-state index contributed by atoms with van der Waals surface area (Å²) in [6.07, 6.45) is 5.74. The van der Waals surface area contributed by atoms with Crippen molar-refractivity contribution in [3.63, 3.8) is 0 Å². The standard InChI is InChI=1S/C19H26N4O2/c1-3-15(24)23(21)17-14-11-7-8-12(2)16(14)22(18(17)19(20)25)13-9-5-4-6-10-13/h7-8,11,13H,3-6,9-10,21H2,1-2H3,(H2,20,25). The maximum atomic E-state index is 12.4. The minimum atomic E-state index is -0.546. The van der Waals surface area contributed by atoms with Gasteiger partial charge in [0.05, 0.1) is 11.2 Å². The van der Waals surface area contributed by atoms with Crippen LogP contribution >= 0.6 is 0 Å². The molecule has 2 aromatic rings. The number of amides is 2. The molecule has 0 radical (unpaired) electrons. The number of aryl methyl sites for hydroxylation is 1. The molecule has 1 aliphatic rings. The van der Waals surface area contributed by atoms with Crippen molar-refractivity contribution in [3.05, 3.63) is 29.5 Å². The molecule has 1 heterocycles. The zero-order valence-corrected chi connectivity index (χ0v) is 14.9. The maximum absolute atomic E-state index is 12.4. The number of rotatable bonds is 4. The van der Waals surface area contributed by atoms with Gasteiger partial charge in [-0.1, -0.05) is 44.4 Å². The molecule has 6 nitrogen and oxygen atoms in total. The summed E-state index contributed by atoms with van der Waals surface area (Å²) in [6.45, 7) is 3.76. The Balaban J connectivity index is 2.34. The Labute approximate surface area is 147 Å². The predicted molar refractivity (Wildman–Crippen MR) is 99.3 cm³/mol. The Morgan fingerprint density at radius 1 is 1.24 bits per heavy atom. The van der Waals surface area contributed by atoms with Crippen molar-refractivity contribution < 1.29 is 9.59 Å². The normalized spacial score (nSPS) is 15.5. The van der Waals surface area contributed by atoms with Crippen LogP contribution < -0.4 is 16.6 Å². The second-order valence-corrected chi connectivity index (χ2v) is 6.81. The summed E-state index contributed by atoms with van der Waals surface area (Å²) in [4.78, 5) is 24.6. The van der Waals surface area contributed by atoms with Crippen molar-refractivity contribution in [2.24, 2.45) is 11.6 Å². The zero-order chi connectivity index (χ0) is 18.1. The highest BCUT2D eigenvalue weighted by atomic mass is 16.2. The molecule has 25 heavy (non-hydrogen) atoms. The zero-order valence-electron chi connectivity index (χ0n) is 14.9. The first kappa shape index (κ1) is 17.5. The van der Waals surface area contributed by atoms with Gasteiger partial charge in [-0.25, -0.2) is 10.9 Å². The summed E-state index contributed by atoms with van der Waals surface area (Å²) in [5.74, 6) is 5.32. The number of nitrogens with two attached hydrogens (primary N) is 2. The number of fused-ring (bicyclic) bond motifs is 1. The molecule has 0 spiro atoms. The monoisotopic (exact) mass is 342 g/mol. The van der Waals surface area contributed by atoms with Crippen LogP contribution in [-0.4, -0.2) is 16.4 Å². The van der Waals surface area contributed by atoms with Gasteiger partial charge in [-0.2, -0.15) is 0 Å². The molecule has 0 saturated heterocycles. The van der Waals surface area contributed by atoms with E-state index in [9.17, 15) is 9.59 Å². The number of nitrogens with zero attached hydrogens (tertiary/aromatic N) is 2. The Morgan fingerprint density at radius 2 is 1.92 bits per heavy atom. The predicted octanol–water partition coefficient (Wildman–Crippen LogP) is 3.17. The first-order chi connectivity index (χ1) is 12.0. The smallest absolute Gasteiger partial charge is 0.267 e. The number of hydrazine groups is 1. The molecule has 2 amide bonds. The fourth-order valence-electron chi connectivity index (χ4n) is 4.00. The Kier molecular flexibility index (Phi) is 4.81. The summed E-state index contributed by atoms with van der Waals surface area (Å²) >= 11 is 0. The van der Waals surface area contributed by atoms with E-state index in [-0.39, 0.29) is 18.4 Å². The molecule has 3 rings (SSSR count). The molecule has 6 heteroatoms. The Morgan fingerprint density at radius 3 is 2.52 bits per heavy atom. The van der Waals surface area contributed by atoms with Crippen LogP contribution in [0.1, 0.15) is 67.5 Å². The topological polar surface area (TPSA) is 94.3 Å². The lowest BCUT2D eigenvalue weighted by Crippen LogP contribution is -2.38. The van der Waals surface area contributed by atoms with Gasteiger partial charge in [0.1, 0.15) is 5.69 Å². The average molecular weight is 342 g/mol. The second-order valence-electron chi connectivity index (χ2n) is 6.81. The van der Waals surface area contributed by atoms with E-state index in [0.29, 0.717) is 11.4 Å². The summed E-state index contributed by atoms with van der Waals surface area (Å²) in [5, 5.41) is 1.91. The molecule has 0 unspecified atom stereocenters. The third-order valence-corrected chi connectivity index (χ3v) is 5.18. The van der Waals surface area contributed by atoms with Gasteiger partial charge in [0.2, 0.25) is 5.91 Å². The molecule has 1 fully saturated rings. The SMILES string of the molecule is CCC(=O)N(N)c1c(C(N)=O)n(C2CCCCC2)c2c(C)cccc12. The van der Waals surface area contributed by atoms with E-state index < -0.39 is 5.91 Å². The number of hydrogen-bond acceptors (Lipinski definition) is 3. The van der Waals surface area contributed by atoms with Crippen LogP contribution in [0.15, 0.2) is 18.2 Å². The van der Waals surface area contributed by atoms with E-state index in [1.54, 1.807) is 6.92 Å². The van der Waals surface area contributed by atoms with Gasteiger partial charge in [0.15, 0.2) is 0 Å². The van der Waals surface area contributed by atoms with Crippen LogP contribution in [0.5, 0.6) is 0 Å². The second kappa shape index (κ2) is 6.88. The summed E-state index contributed by atoms with van der Waals surface area (Å²) in [5.41, 5.74) is 8.55. The first-order valence-corrected chi connectivity index (χ1v) is 8.98. The molecule has 0 atom stereocenters. The van der Waals surface area contributed by atoms with Gasteiger partial charge in [0, 0.05) is 17.8 Å². The first-order valence-electron chi connectivity index (χ1n) is 8.98. The van der Waals surface area contributed by atoms with E-state index >= 15 is 0 Å². The van der Waals surface area contributed by atoms with Crippen molar-refractivity contribution in [1.82, 2.24) is 4.57 Å². The number of primary amides is 1. The van der Waals surface area contributed by atoms with Gasteiger partial charge in [0.25, 0.3) is 5.91 Å². The van der Waals surface area contributed by atoms with Gasteiger partial charge in [-0.15, -0.1) is 0 Å². The van der Waals surface area contributed by atoms with Crippen LogP contribution in [0.3, 0.4) is 0 Å². The third-order valence-electron chi connectivity index (χ3n) is 5.18. The molecule has 1 aliphatic carbocycles. The summed E-state index contributed by atoms with van der Waals surface area (Å²) in [7, 11) is 0. The van der Waals surface area contributed by atoms with Crippen LogP contribution in [0, 0.1) is 6.92 Å². The quantitative estimate of drug-likeness (QED) is 0.507. The molecule has 1 aromatic carbocycles. The fraction of sp³-hybridized carbons (Fsp3) is 0.474. The molecule has 4 N–H and O–H groups in total. The van der Waals surface area contributed by atoms with Crippen molar-refractivity contribution >= 4 is 28.4 Å². The third kappa shape index (κ3) is 2.91. The number of anilines is 1. The molecule has 1 aromatic heterocycles.